The Morgan fingerprint density at radius 2 is 1.79 bits per heavy atom. The number of hydrogen-bond acceptors (Lipinski definition) is 2. The average molecular weight is 256 g/mol. The second-order valence-electron chi connectivity index (χ2n) is 5.53. The fourth-order valence-corrected chi connectivity index (χ4v) is 2.05. The fraction of sp³-hybridized carbons (Fsp3) is 0.353. The lowest BCUT2D eigenvalue weighted by Crippen LogP contribution is -2.15. The van der Waals surface area contributed by atoms with E-state index in [4.69, 9.17) is 4.42 Å². The average Bonchev–Trinajstić information content (AvgIpc) is 2.84. The van der Waals surface area contributed by atoms with Crippen molar-refractivity contribution >= 4 is 5.78 Å². The fourth-order valence-electron chi connectivity index (χ4n) is 2.05. The van der Waals surface area contributed by atoms with Gasteiger partial charge in [0, 0.05) is 5.56 Å². The highest BCUT2D eigenvalue weighted by Gasteiger charge is 2.19. The van der Waals surface area contributed by atoms with Crippen LogP contribution in [0.25, 0.3) is 0 Å². The van der Waals surface area contributed by atoms with Gasteiger partial charge in [-0.2, -0.15) is 0 Å². The van der Waals surface area contributed by atoms with Gasteiger partial charge in [0.15, 0.2) is 5.78 Å². The lowest BCUT2D eigenvalue weighted by Gasteiger charge is -2.23. The molecule has 0 aliphatic carbocycles. The zero-order chi connectivity index (χ0) is 14.0. The molecule has 0 saturated heterocycles. The standard InChI is InChI=1S/C17H20O2/c1-5-17(3,4)14-8-6-13(7-9-14)16(18)15-10-11-19-12(15)2/h6-11H,5H2,1-4H3. The molecule has 2 rings (SSSR count). The smallest absolute Gasteiger partial charge is 0.196 e. The summed E-state index contributed by atoms with van der Waals surface area (Å²) in [6, 6.07) is 9.63. The van der Waals surface area contributed by atoms with Crippen LogP contribution in [0.5, 0.6) is 0 Å². The van der Waals surface area contributed by atoms with Gasteiger partial charge in [-0.05, 0) is 30.4 Å². The van der Waals surface area contributed by atoms with E-state index in [1.807, 2.05) is 31.2 Å². The van der Waals surface area contributed by atoms with Crippen molar-refractivity contribution in [3.05, 3.63) is 59.0 Å². The molecule has 2 aromatic rings. The lowest BCUT2D eigenvalue weighted by atomic mass is 9.82. The molecule has 19 heavy (non-hydrogen) atoms. The quantitative estimate of drug-likeness (QED) is 0.753. The number of aryl methyl sites for hydroxylation is 1. The molecule has 0 radical (unpaired) electrons. The zero-order valence-electron chi connectivity index (χ0n) is 12.0. The molecule has 1 heterocycles. The van der Waals surface area contributed by atoms with Crippen LogP contribution in [0.3, 0.4) is 0 Å². The van der Waals surface area contributed by atoms with Crippen molar-refractivity contribution in [3.8, 4) is 0 Å². The Hall–Kier alpha value is -1.83. The maximum absolute atomic E-state index is 12.3. The monoisotopic (exact) mass is 256 g/mol. The van der Waals surface area contributed by atoms with Gasteiger partial charge in [-0.15, -0.1) is 0 Å². The molecule has 0 unspecified atom stereocenters. The predicted molar refractivity (Wildman–Crippen MR) is 76.6 cm³/mol. The highest BCUT2D eigenvalue weighted by atomic mass is 16.3. The number of ketones is 1. The number of hydrogen-bond donors (Lipinski definition) is 0. The Labute approximate surface area is 114 Å². The van der Waals surface area contributed by atoms with Gasteiger partial charge in [-0.3, -0.25) is 4.79 Å². The first-order valence-corrected chi connectivity index (χ1v) is 6.65. The van der Waals surface area contributed by atoms with Gasteiger partial charge < -0.3 is 4.42 Å². The van der Waals surface area contributed by atoms with Crippen molar-refractivity contribution in [2.75, 3.05) is 0 Å². The van der Waals surface area contributed by atoms with Gasteiger partial charge in [0.25, 0.3) is 0 Å². The number of carbonyl (C=O) groups is 1. The van der Waals surface area contributed by atoms with Crippen molar-refractivity contribution < 1.29 is 9.21 Å². The third kappa shape index (κ3) is 2.62. The van der Waals surface area contributed by atoms with Crippen molar-refractivity contribution in [2.24, 2.45) is 0 Å². The minimum Gasteiger partial charge on any atom is -0.469 e. The van der Waals surface area contributed by atoms with Crippen molar-refractivity contribution in [3.63, 3.8) is 0 Å². The Morgan fingerprint density at radius 1 is 1.16 bits per heavy atom. The maximum atomic E-state index is 12.3. The normalized spacial score (nSPS) is 11.6. The summed E-state index contributed by atoms with van der Waals surface area (Å²) >= 11 is 0. The van der Waals surface area contributed by atoms with Crippen molar-refractivity contribution in [1.82, 2.24) is 0 Å². The Balaban J connectivity index is 2.29. The summed E-state index contributed by atoms with van der Waals surface area (Å²) in [6.07, 6.45) is 2.62. The number of benzene rings is 1. The Kier molecular flexibility index (Phi) is 3.61. The topological polar surface area (TPSA) is 30.2 Å². The second-order valence-corrected chi connectivity index (χ2v) is 5.53. The van der Waals surface area contributed by atoms with Gasteiger partial charge in [-0.25, -0.2) is 0 Å². The van der Waals surface area contributed by atoms with Gasteiger partial charge in [0.2, 0.25) is 0 Å². The SMILES string of the molecule is CCC(C)(C)c1ccc(C(=O)c2ccoc2C)cc1. The van der Waals surface area contributed by atoms with E-state index in [9.17, 15) is 4.79 Å². The molecule has 0 aliphatic rings. The van der Waals surface area contributed by atoms with E-state index < -0.39 is 0 Å². The summed E-state index contributed by atoms with van der Waals surface area (Å²) in [6.45, 7) is 8.41. The summed E-state index contributed by atoms with van der Waals surface area (Å²) < 4.78 is 5.18. The van der Waals surface area contributed by atoms with E-state index in [-0.39, 0.29) is 11.2 Å². The van der Waals surface area contributed by atoms with Gasteiger partial charge >= 0.3 is 0 Å². The largest absolute Gasteiger partial charge is 0.469 e. The molecule has 0 amide bonds. The molecular formula is C17H20O2. The van der Waals surface area contributed by atoms with Crippen molar-refractivity contribution in [2.45, 2.75) is 39.5 Å². The molecule has 0 bridgehead atoms. The minimum absolute atomic E-state index is 0.0205. The summed E-state index contributed by atoms with van der Waals surface area (Å²) in [5, 5.41) is 0. The first-order valence-electron chi connectivity index (χ1n) is 6.65. The van der Waals surface area contributed by atoms with Gasteiger partial charge in [-0.1, -0.05) is 45.0 Å². The summed E-state index contributed by atoms with van der Waals surface area (Å²) in [5.41, 5.74) is 2.76. The first-order chi connectivity index (χ1) is 8.95. The van der Waals surface area contributed by atoms with Gasteiger partial charge in [0.05, 0.1) is 11.8 Å². The van der Waals surface area contributed by atoms with Crippen LogP contribution in [0.4, 0.5) is 0 Å². The Bertz CT molecular complexity index is 574. The Morgan fingerprint density at radius 3 is 2.26 bits per heavy atom. The van der Waals surface area contributed by atoms with Crippen LogP contribution >= 0.6 is 0 Å². The highest BCUT2D eigenvalue weighted by Crippen LogP contribution is 2.27. The summed E-state index contributed by atoms with van der Waals surface area (Å²) in [7, 11) is 0. The van der Waals surface area contributed by atoms with Crippen LogP contribution in [0.15, 0.2) is 41.0 Å². The maximum Gasteiger partial charge on any atom is 0.196 e. The van der Waals surface area contributed by atoms with E-state index in [2.05, 4.69) is 20.8 Å². The molecule has 0 spiro atoms. The molecule has 1 aromatic heterocycles. The number of rotatable bonds is 4. The third-order valence-electron chi connectivity index (χ3n) is 3.92. The van der Waals surface area contributed by atoms with Crippen LogP contribution in [0.1, 0.15) is 54.4 Å². The molecule has 0 atom stereocenters. The zero-order valence-corrected chi connectivity index (χ0v) is 12.0. The van der Waals surface area contributed by atoms with Gasteiger partial charge in [0.1, 0.15) is 5.76 Å². The van der Waals surface area contributed by atoms with Crippen LogP contribution in [-0.4, -0.2) is 5.78 Å². The lowest BCUT2D eigenvalue weighted by molar-refractivity contribution is 0.103. The molecule has 0 N–H and O–H groups in total. The third-order valence-corrected chi connectivity index (χ3v) is 3.92. The first kappa shape index (κ1) is 13.6. The summed E-state index contributed by atoms with van der Waals surface area (Å²) in [4.78, 5) is 12.3. The second kappa shape index (κ2) is 5.04. The van der Waals surface area contributed by atoms with E-state index >= 15 is 0 Å². The molecule has 1 aromatic carbocycles. The number of furan rings is 1. The van der Waals surface area contributed by atoms with E-state index in [1.54, 1.807) is 12.3 Å². The molecule has 0 saturated carbocycles. The van der Waals surface area contributed by atoms with Crippen LogP contribution < -0.4 is 0 Å². The molecule has 2 heteroatoms. The predicted octanol–water partition coefficient (Wildman–Crippen LogP) is 4.51. The minimum atomic E-state index is 0.0205. The van der Waals surface area contributed by atoms with E-state index in [1.165, 1.54) is 5.56 Å². The molecule has 100 valence electrons. The van der Waals surface area contributed by atoms with Crippen LogP contribution in [-0.2, 0) is 5.41 Å². The highest BCUT2D eigenvalue weighted by molar-refractivity contribution is 6.09. The van der Waals surface area contributed by atoms with Crippen LogP contribution in [0.2, 0.25) is 0 Å². The molecular weight excluding hydrogens is 236 g/mol. The van der Waals surface area contributed by atoms with Crippen molar-refractivity contribution in [1.29, 1.82) is 0 Å². The molecule has 2 nitrogen and oxygen atoms in total. The van der Waals surface area contributed by atoms with E-state index in [0.717, 1.165) is 6.42 Å². The molecule has 0 fully saturated rings. The summed E-state index contributed by atoms with van der Waals surface area (Å²) in [5.74, 6) is 0.690. The molecule has 0 aliphatic heterocycles. The van der Waals surface area contributed by atoms with E-state index in [0.29, 0.717) is 16.9 Å². The number of carbonyl (C=O) groups excluding carboxylic acids is 1. The van der Waals surface area contributed by atoms with Crippen LogP contribution in [0, 0.1) is 6.92 Å².